The lowest BCUT2D eigenvalue weighted by Gasteiger charge is -2.25. The monoisotopic (exact) mass is 212 g/mol. The van der Waals surface area contributed by atoms with Crippen molar-refractivity contribution >= 4 is 0 Å². The van der Waals surface area contributed by atoms with Gasteiger partial charge in [0, 0.05) is 6.54 Å². The lowest BCUT2D eigenvalue weighted by Crippen LogP contribution is -2.36. The molecule has 1 saturated carbocycles. The second kappa shape index (κ2) is 6.49. The zero-order chi connectivity index (χ0) is 11.1. The molecule has 0 unspecified atom stereocenters. The van der Waals surface area contributed by atoms with Crippen molar-refractivity contribution < 1.29 is 0 Å². The van der Waals surface area contributed by atoms with Gasteiger partial charge >= 0.3 is 0 Å². The lowest BCUT2D eigenvalue weighted by molar-refractivity contribution is 0.311. The average Bonchev–Trinajstić information content (AvgIpc) is 2.26. The topological polar surface area (TPSA) is 38.0 Å². The first-order valence-electron chi connectivity index (χ1n) is 6.55. The van der Waals surface area contributed by atoms with Gasteiger partial charge in [0.25, 0.3) is 0 Å². The Kier molecular flexibility index (Phi) is 5.62. The van der Waals surface area contributed by atoms with E-state index in [-0.39, 0.29) is 5.41 Å². The third-order valence-electron chi connectivity index (χ3n) is 3.61. The van der Waals surface area contributed by atoms with Crippen LogP contribution in [0.4, 0.5) is 0 Å². The van der Waals surface area contributed by atoms with Crippen molar-refractivity contribution in [1.82, 2.24) is 5.32 Å². The molecule has 0 aromatic rings. The van der Waals surface area contributed by atoms with Crippen LogP contribution in [-0.4, -0.2) is 19.6 Å². The van der Waals surface area contributed by atoms with E-state index in [1.807, 2.05) is 0 Å². The molecule has 2 nitrogen and oxygen atoms in total. The highest BCUT2D eigenvalue weighted by atomic mass is 14.9. The highest BCUT2D eigenvalue weighted by molar-refractivity contribution is 4.73. The Bertz CT molecular complexity index is 160. The molecule has 15 heavy (non-hydrogen) atoms. The van der Waals surface area contributed by atoms with E-state index in [4.69, 9.17) is 5.73 Å². The fourth-order valence-corrected chi connectivity index (χ4v) is 2.28. The summed E-state index contributed by atoms with van der Waals surface area (Å²) in [4.78, 5) is 0. The molecule has 0 heterocycles. The molecule has 2 heteroatoms. The number of hydrogen-bond donors (Lipinski definition) is 2. The number of hydrogen-bond acceptors (Lipinski definition) is 2. The maximum atomic E-state index is 5.69. The maximum Gasteiger partial charge on any atom is 0.00146 e. The Labute approximate surface area is 95.0 Å². The average molecular weight is 212 g/mol. The normalized spacial score (nSPS) is 19.4. The molecule has 0 atom stereocenters. The second-order valence-corrected chi connectivity index (χ2v) is 5.84. The van der Waals surface area contributed by atoms with Crippen molar-refractivity contribution in [3.05, 3.63) is 0 Å². The molecule has 0 bridgehead atoms. The van der Waals surface area contributed by atoms with Crippen LogP contribution in [0, 0.1) is 11.3 Å². The summed E-state index contributed by atoms with van der Waals surface area (Å²) < 4.78 is 0. The SMILES string of the molecule is CC(C)(CN)CNCCC1CCCCC1. The molecule has 1 aliphatic rings. The van der Waals surface area contributed by atoms with Gasteiger partial charge in [-0.3, -0.25) is 0 Å². The summed E-state index contributed by atoms with van der Waals surface area (Å²) in [6.45, 7) is 7.44. The number of nitrogens with two attached hydrogens (primary N) is 1. The largest absolute Gasteiger partial charge is 0.330 e. The number of rotatable bonds is 6. The first-order chi connectivity index (χ1) is 7.14. The van der Waals surface area contributed by atoms with Gasteiger partial charge in [-0.25, -0.2) is 0 Å². The number of nitrogens with one attached hydrogen (secondary N) is 1. The zero-order valence-electron chi connectivity index (χ0n) is 10.5. The van der Waals surface area contributed by atoms with E-state index in [1.165, 1.54) is 45.1 Å². The molecule has 0 aliphatic heterocycles. The Hall–Kier alpha value is -0.0800. The Morgan fingerprint density at radius 2 is 1.87 bits per heavy atom. The van der Waals surface area contributed by atoms with Gasteiger partial charge in [-0.2, -0.15) is 0 Å². The minimum Gasteiger partial charge on any atom is -0.330 e. The van der Waals surface area contributed by atoms with Crippen LogP contribution in [0.3, 0.4) is 0 Å². The minimum atomic E-state index is 0.257. The van der Waals surface area contributed by atoms with Crippen molar-refractivity contribution in [2.75, 3.05) is 19.6 Å². The molecule has 1 fully saturated rings. The molecule has 1 aliphatic carbocycles. The van der Waals surface area contributed by atoms with Crippen molar-refractivity contribution in [2.24, 2.45) is 17.1 Å². The van der Waals surface area contributed by atoms with E-state index in [0.29, 0.717) is 0 Å². The molecule has 90 valence electrons. The summed E-state index contributed by atoms with van der Waals surface area (Å²) >= 11 is 0. The van der Waals surface area contributed by atoms with E-state index in [1.54, 1.807) is 0 Å². The van der Waals surface area contributed by atoms with E-state index in [2.05, 4.69) is 19.2 Å². The zero-order valence-corrected chi connectivity index (χ0v) is 10.5. The molecular formula is C13H28N2. The van der Waals surface area contributed by atoms with Crippen molar-refractivity contribution in [2.45, 2.75) is 52.4 Å². The fraction of sp³-hybridized carbons (Fsp3) is 1.00. The second-order valence-electron chi connectivity index (χ2n) is 5.84. The summed E-state index contributed by atoms with van der Waals surface area (Å²) in [6, 6.07) is 0. The van der Waals surface area contributed by atoms with Crippen LogP contribution < -0.4 is 11.1 Å². The van der Waals surface area contributed by atoms with Crippen molar-refractivity contribution in [1.29, 1.82) is 0 Å². The van der Waals surface area contributed by atoms with Crippen molar-refractivity contribution in [3.63, 3.8) is 0 Å². The van der Waals surface area contributed by atoms with Crippen LogP contribution in [0.5, 0.6) is 0 Å². The van der Waals surface area contributed by atoms with Gasteiger partial charge in [-0.15, -0.1) is 0 Å². The van der Waals surface area contributed by atoms with E-state index < -0.39 is 0 Å². The molecule has 0 saturated heterocycles. The fourth-order valence-electron chi connectivity index (χ4n) is 2.28. The Balaban J connectivity index is 2.00. The van der Waals surface area contributed by atoms with Gasteiger partial charge in [-0.1, -0.05) is 46.0 Å². The van der Waals surface area contributed by atoms with E-state index >= 15 is 0 Å². The molecule has 3 N–H and O–H groups in total. The van der Waals surface area contributed by atoms with Gasteiger partial charge in [0.15, 0.2) is 0 Å². The highest BCUT2D eigenvalue weighted by Crippen LogP contribution is 2.25. The minimum absolute atomic E-state index is 0.257. The Morgan fingerprint density at radius 3 is 2.47 bits per heavy atom. The Morgan fingerprint density at radius 1 is 1.20 bits per heavy atom. The molecule has 0 radical (unpaired) electrons. The highest BCUT2D eigenvalue weighted by Gasteiger charge is 2.16. The van der Waals surface area contributed by atoms with Gasteiger partial charge in [0.1, 0.15) is 0 Å². The van der Waals surface area contributed by atoms with Crippen LogP contribution >= 0.6 is 0 Å². The quantitative estimate of drug-likeness (QED) is 0.664. The van der Waals surface area contributed by atoms with E-state index in [9.17, 15) is 0 Å². The summed E-state index contributed by atoms with van der Waals surface area (Å²) in [5.74, 6) is 0.993. The van der Waals surface area contributed by atoms with Crippen LogP contribution in [0.15, 0.2) is 0 Å². The first kappa shape index (κ1) is 13.0. The predicted molar refractivity (Wildman–Crippen MR) is 66.9 cm³/mol. The first-order valence-corrected chi connectivity index (χ1v) is 6.55. The summed E-state index contributed by atoms with van der Waals surface area (Å²) in [5, 5.41) is 3.54. The van der Waals surface area contributed by atoms with Gasteiger partial charge in [0.2, 0.25) is 0 Å². The summed E-state index contributed by atoms with van der Waals surface area (Å²) in [7, 11) is 0. The molecule has 0 aromatic carbocycles. The summed E-state index contributed by atoms with van der Waals surface area (Å²) in [6.07, 6.45) is 8.66. The third kappa shape index (κ3) is 5.53. The molecule has 0 amide bonds. The summed E-state index contributed by atoms with van der Waals surface area (Å²) in [5.41, 5.74) is 5.95. The van der Waals surface area contributed by atoms with Crippen molar-refractivity contribution in [3.8, 4) is 0 Å². The molecular weight excluding hydrogens is 184 g/mol. The predicted octanol–water partition coefficient (Wildman–Crippen LogP) is 2.53. The van der Waals surface area contributed by atoms with Crippen LogP contribution in [-0.2, 0) is 0 Å². The maximum absolute atomic E-state index is 5.69. The molecule has 0 spiro atoms. The van der Waals surface area contributed by atoms with Gasteiger partial charge in [-0.05, 0) is 30.8 Å². The van der Waals surface area contributed by atoms with Crippen LogP contribution in [0.25, 0.3) is 0 Å². The smallest absolute Gasteiger partial charge is 0.00146 e. The van der Waals surface area contributed by atoms with Crippen LogP contribution in [0.2, 0.25) is 0 Å². The third-order valence-corrected chi connectivity index (χ3v) is 3.61. The molecule has 0 aromatic heterocycles. The lowest BCUT2D eigenvalue weighted by atomic mass is 9.87. The van der Waals surface area contributed by atoms with Gasteiger partial charge in [0.05, 0.1) is 0 Å². The van der Waals surface area contributed by atoms with Crippen LogP contribution in [0.1, 0.15) is 52.4 Å². The molecule has 1 rings (SSSR count). The standard InChI is InChI=1S/C13H28N2/c1-13(2,10-14)11-15-9-8-12-6-4-3-5-7-12/h12,15H,3-11,14H2,1-2H3. The van der Waals surface area contributed by atoms with Gasteiger partial charge < -0.3 is 11.1 Å². The van der Waals surface area contributed by atoms with E-state index in [0.717, 1.165) is 19.0 Å².